The molecule has 1 aromatic rings. The van der Waals surface area contributed by atoms with Crippen molar-refractivity contribution in [2.24, 2.45) is 0 Å². The smallest absolute Gasteiger partial charge is 0.242 e. The number of hydrogen-bond donors (Lipinski definition) is 1. The van der Waals surface area contributed by atoms with E-state index in [9.17, 15) is 0 Å². The quantitative estimate of drug-likeness (QED) is 0.834. The summed E-state index contributed by atoms with van der Waals surface area (Å²) in [7, 11) is 3.51. The minimum absolute atomic E-state index is 0.181. The summed E-state index contributed by atoms with van der Waals surface area (Å²) in [5.41, 5.74) is 6.44. The molecule has 6 heteroatoms. The third-order valence-corrected chi connectivity index (χ3v) is 3.19. The van der Waals surface area contributed by atoms with Crippen molar-refractivity contribution in [2.45, 2.75) is 25.5 Å². The lowest BCUT2D eigenvalue weighted by molar-refractivity contribution is 0.118. The van der Waals surface area contributed by atoms with E-state index < -0.39 is 0 Å². The standard InChI is InChI=1S/C11H18N4O2/c1-7-8(4-5-17-7)15(2)10-9(12)11(16-3)14-6-13-10/h6-8H,4-5,12H2,1-3H3. The minimum Gasteiger partial charge on any atom is -0.479 e. The largest absolute Gasteiger partial charge is 0.479 e. The number of likely N-dealkylation sites (N-methyl/N-ethyl adjacent to an activating group) is 1. The molecule has 0 aromatic carbocycles. The van der Waals surface area contributed by atoms with Crippen molar-refractivity contribution in [3.63, 3.8) is 0 Å². The Labute approximate surface area is 101 Å². The summed E-state index contributed by atoms with van der Waals surface area (Å²) in [4.78, 5) is 10.2. The van der Waals surface area contributed by atoms with Crippen molar-refractivity contribution in [2.75, 3.05) is 31.4 Å². The lowest BCUT2D eigenvalue weighted by Gasteiger charge is -2.28. The van der Waals surface area contributed by atoms with Gasteiger partial charge in [0.1, 0.15) is 12.0 Å². The minimum atomic E-state index is 0.181. The summed E-state index contributed by atoms with van der Waals surface area (Å²) in [5, 5.41) is 0. The van der Waals surface area contributed by atoms with Gasteiger partial charge < -0.3 is 20.1 Å². The van der Waals surface area contributed by atoms with Gasteiger partial charge in [0.2, 0.25) is 5.88 Å². The number of ether oxygens (including phenoxy) is 2. The Morgan fingerprint density at radius 2 is 2.29 bits per heavy atom. The monoisotopic (exact) mass is 238 g/mol. The van der Waals surface area contributed by atoms with E-state index in [4.69, 9.17) is 15.2 Å². The van der Waals surface area contributed by atoms with Crippen LogP contribution in [0.2, 0.25) is 0 Å². The first-order valence-electron chi connectivity index (χ1n) is 5.64. The Balaban J connectivity index is 2.27. The number of methoxy groups -OCH3 is 1. The third-order valence-electron chi connectivity index (χ3n) is 3.19. The molecule has 0 bridgehead atoms. The molecule has 94 valence electrons. The molecule has 1 aliphatic heterocycles. The Hall–Kier alpha value is -1.56. The molecular weight excluding hydrogens is 220 g/mol. The van der Waals surface area contributed by atoms with Crippen LogP contribution in [0.15, 0.2) is 6.33 Å². The molecule has 0 saturated carbocycles. The highest BCUT2D eigenvalue weighted by Crippen LogP contribution is 2.30. The highest BCUT2D eigenvalue weighted by Gasteiger charge is 2.30. The van der Waals surface area contributed by atoms with E-state index in [1.54, 1.807) is 7.11 Å². The molecule has 1 aromatic heterocycles. The second-order valence-electron chi connectivity index (χ2n) is 4.16. The van der Waals surface area contributed by atoms with Crippen molar-refractivity contribution in [3.05, 3.63) is 6.33 Å². The molecule has 6 nitrogen and oxygen atoms in total. The van der Waals surface area contributed by atoms with E-state index in [1.807, 2.05) is 11.9 Å². The molecule has 2 atom stereocenters. The zero-order valence-corrected chi connectivity index (χ0v) is 10.4. The van der Waals surface area contributed by atoms with Crippen LogP contribution in [0.3, 0.4) is 0 Å². The Morgan fingerprint density at radius 1 is 1.53 bits per heavy atom. The summed E-state index contributed by atoms with van der Waals surface area (Å²) in [5.74, 6) is 1.10. The predicted octanol–water partition coefficient (Wildman–Crippen LogP) is 0.681. The van der Waals surface area contributed by atoms with Crippen LogP contribution in [0.4, 0.5) is 11.5 Å². The van der Waals surface area contributed by atoms with Gasteiger partial charge in [-0.2, -0.15) is 4.98 Å². The maximum atomic E-state index is 5.98. The fourth-order valence-corrected chi connectivity index (χ4v) is 2.20. The Kier molecular flexibility index (Phi) is 3.33. The number of nitrogen functional groups attached to an aromatic ring is 1. The second-order valence-corrected chi connectivity index (χ2v) is 4.16. The lowest BCUT2D eigenvalue weighted by atomic mass is 10.1. The Bertz CT molecular complexity index is 399. The van der Waals surface area contributed by atoms with E-state index in [0.717, 1.165) is 13.0 Å². The summed E-state index contributed by atoms with van der Waals surface area (Å²) in [6, 6.07) is 0.289. The second kappa shape index (κ2) is 4.75. The molecule has 2 rings (SSSR count). The number of hydrogen-bond acceptors (Lipinski definition) is 6. The average Bonchev–Trinajstić information content (AvgIpc) is 2.75. The van der Waals surface area contributed by atoms with Crippen LogP contribution in [0.1, 0.15) is 13.3 Å². The number of rotatable bonds is 3. The summed E-state index contributed by atoms with van der Waals surface area (Å²) < 4.78 is 10.6. The molecule has 1 aliphatic rings. The number of nitrogens with two attached hydrogens (primary N) is 1. The summed E-state index contributed by atoms with van der Waals surface area (Å²) in [6.45, 7) is 2.83. The van der Waals surface area contributed by atoms with Gasteiger partial charge in [-0.25, -0.2) is 4.98 Å². The average molecular weight is 238 g/mol. The maximum absolute atomic E-state index is 5.98. The zero-order valence-electron chi connectivity index (χ0n) is 10.4. The molecule has 1 saturated heterocycles. The first kappa shape index (κ1) is 11.9. The van der Waals surface area contributed by atoms with E-state index in [0.29, 0.717) is 17.4 Å². The highest BCUT2D eigenvalue weighted by molar-refractivity contribution is 5.67. The maximum Gasteiger partial charge on any atom is 0.242 e. The molecule has 0 radical (unpaired) electrons. The molecule has 2 heterocycles. The van der Waals surface area contributed by atoms with Crippen molar-refractivity contribution in [1.29, 1.82) is 0 Å². The summed E-state index contributed by atoms with van der Waals surface area (Å²) >= 11 is 0. The SMILES string of the molecule is COc1ncnc(N(C)C2CCOC2C)c1N. The van der Waals surface area contributed by atoms with Crippen LogP contribution in [-0.4, -0.2) is 42.9 Å². The van der Waals surface area contributed by atoms with Gasteiger partial charge >= 0.3 is 0 Å². The summed E-state index contributed by atoms with van der Waals surface area (Å²) in [6.07, 6.45) is 2.62. The molecule has 0 aliphatic carbocycles. The molecule has 17 heavy (non-hydrogen) atoms. The van der Waals surface area contributed by atoms with Gasteiger partial charge in [0.25, 0.3) is 0 Å². The number of aromatic nitrogens is 2. The zero-order chi connectivity index (χ0) is 12.4. The van der Waals surface area contributed by atoms with Gasteiger partial charge in [0.15, 0.2) is 5.82 Å². The van der Waals surface area contributed by atoms with E-state index in [-0.39, 0.29) is 12.1 Å². The number of nitrogens with zero attached hydrogens (tertiary/aromatic N) is 3. The molecular formula is C11H18N4O2. The molecule has 0 spiro atoms. The van der Waals surface area contributed by atoms with Crippen molar-refractivity contribution >= 4 is 11.5 Å². The third kappa shape index (κ3) is 2.12. The Morgan fingerprint density at radius 3 is 2.88 bits per heavy atom. The van der Waals surface area contributed by atoms with E-state index in [2.05, 4.69) is 16.9 Å². The molecule has 2 unspecified atom stereocenters. The molecule has 2 N–H and O–H groups in total. The van der Waals surface area contributed by atoms with Crippen LogP contribution in [0.5, 0.6) is 5.88 Å². The van der Waals surface area contributed by atoms with Gasteiger partial charge in [-0.1, -0.05) is 0 Å². The van der Waals surface area contributed by atoms with Gasteiger partial charge in [-0.3, -0.25) is 0 Å². The molecule has 0 amide bonds. The van der Waals surface area contributed by atoms with Gasteiger partial charge in [0, 0.05) is 13.7 Å². The van der Waals surface area contributed by atoms with Crippen LogP contribution in [0.25, 0.3) is 0 Å². The van der Waals surface area contributed by atoms with Gasteiger partial charge in [0.05, 0.1) is 19.3 Å². The normalized spacial score (nSPS) is 23.7. The fourth-order valence-electron chi connectivity index (χ4n) is 2.20. The first-order valence-corrected chi connectivity index (χ1v) is 5.64. The van der Waals surface area contributed by atoms with E-state index in [1.165, 1.54) is 6.33 Å². The lowest BCUT2D eigenvalue weighted by Crippen LogP contribution is -2.37. The first-order chi connectivity index (χ1) is 8.15. The van der Waals surface area contributed by atoms with Crippen molar-refractivity contribution in [3.8, 4) is 5.88 Å². The van der Waals surface area contributed by atoms with Crippen LogP contribution in [0, 0.1) is 0 Å². The van der Waals surface area contributed by atoms with Crippen LogP contribution >= 0.6 is 0 Å². The molecule has 1 fully saturated rings. The van der Waals surface area contributed by atoms with Crippen LogP contribution < -0.4 is 15.4 Å². The van der Waals surface area contributed by atoms with Crippen molar-refractivity contribution in [1.82, 2.24) is 9.97 Å². The van der Waals surface area contributed by atoms with E-state index >= 15 is 0 Å². The van der Waals surface area contributed by atoms with Crippen LogP contribution in [-0.2, 0) is 4.74 Å². The number of anilines is 2. The highest BCUT2D eigenvalue weighted by atomic mass is 16.5. The van der Waals surface area contributed by atoms with Gasteiger partial charge in [-0.05, 0) is 13.3 Å². The predicted molar refractivity (Wildman–Crippen MR) is 65.2 cm³/mol. The topological polar surface area (TPSA) is 73.5 Å². The van der Waals surface area contributed by atoms with Gasteiger partial charge in [-0.15, -0.1) is 0 Å². The van der Waals surface area contributed by atoms with Crippen molar-refractivity contribution < 1.29 is 9.47 Å². The fraction of sp³-hybridized carbons (Fsp3) is 0.636.